The molecule has 2 amide bonds. The van der Waals surface area contributed by atoms with E-state index in [0.717, 1.165) is 0 Å². The van der Waals surface area contributed by atoms with Crippen LogP contribution in [0.2, 0.25) is 0 Å². The van der Waals surface area contributed by atoms with Gasteiger partial charge < -0.3 is 14.3 Å². The molecule has 1 saturated heterocycles. The van der Waals surface area contributed by atoms with Crippen molar-refractivity contribution in [3.05, 3.63) is 30.4 Å². The summed E-state index contributed by atoms with van der Waals surface area (Å²) in [7, 11) is 1.66. The topological polar surface area (TPSA) is 87.4 Å². The van der Waals surface area contributed by atoms with Gasteiger partial charge in [0, 0.05) is 32.3 Å². The Labute approximate surface area is 138 Å². The summed E-state index contributed by atoms with van der Waals surface area (Å²) in [5, 5.41) is 6.37. The van der Waals surface area contributed by atoms with E-state index < -0.39 is 6.17 Å². The number of halogens is 1. The summed E-state index contributed by atoms with van der Waals surface area (Å²) in [5.74, 6) is 1.63. The molecule has 0 radical (unpaired) electrons. The highest BCUT2D eigenvalue weighted by atomic mass is 19.1. The highest BCUT2D eigenvalue weighted by Crippen LogP contribution is 2.26. The molecule has 3 rings (SSSR count). The van der Waals surface area contributed by atoms with Gasteiger partial charge in [-0.3, -0.25) is 5.32 Å². The van der Waals surface area contributed by atoms with E-state index in [1.807, 2.05) is 4.90 Å². The van der Waals surface area contributed by atoms with Crippen LogP contribution in [-0.2, 0) is 0 Å². The fraction of sp³-hybridized carbons (Fsp3) is 0.467. The van der Waals surface area contributed by atoms with Gasteiger partial charge in [-0.2, -0.15) is 0 Å². The van der Waals surface area contributed by atoms with Gasteiger partial charge >= 0.3 is 6.03 Å². The van der Waals surface area contributed by atoms with Crippen molar-refractivity contribution < 1.29 is 13.7 Å². The third-order valence-corrected chi connectivity index (χ3v) is 3.92. The maximum Gasteiger partial charge on any atom is 0.322 e. The highest BCUT2D eigenvalue weighted by molar-refractivity contribution is 5.88. The molecule has 2 aromatic heterocycles. The molecule has 0 spiro atoms. The molecule has 2 atom stereocenters. The Kier molecular flexibility index (Phi) is 4.59. The number of aromatic nitrogens is 3. The Balaban J connectivity index is 1.63. The van der Waals surface area contributed by atoms with Crippen LogP contribution in [0.4, 0.5) is 20.8 Å². The molecule has 1 N–H and O–H groups in total. The normalized spacial score (nSPS) is 20.2. The zero-order valence-corrected chi connectivity index (χ0v) is 13.5. The molecule has 0 aromatic carbocycles. The Morgan fingerprint density at radius 3 is 3.08 bits per heavy atom. The SMILES string of the molecule is Cc1cc(NC(=O)N(C)C[C@@H]2C[C@H](F)CN2c2ccncn2)no1. The molecule has 128 valence electrons. The van der Waals surface area contributed by atoms with Crippen LogP contribution in [0.25, 0.3) is 0 Å². The van der Waals surface area contributed by atoms with E-state index in [9.17, 15) is 9.18 Å². The largest absolute Gasteiger partial charge is 0.360 e. The minimum atomic E-state index is -0.945. The van der Waals surface area contributed by atoms with Crippen molar-refractivity contribution in [2.45, 2.75) is 25.6 Å². The lowest BCUT2D eigenvalue weighted by Crippen LogP contribution is -2.43. The second kappa shape index (κ2) is 6.81. The highest BCUT2D eigenvalue weighted by Gasteiger charge is 2.34. The summed E-state index contributed by atoms with van der Waals surface area (Å²) in [6.07, 6.45) is 2.46. The number of amides is 2. The second-order valence-electron chi connectivity index (χ2n) is 5.84. The molecule has 0 bridgehead atoms. The molecule has 1 aliphatic heterocycles. The van der Waals surface area contributed by atoms with E-state index in [0.29, 0.717) is 30.4 Å². The van der Waals surface area contributed by atoms with E-state index >= 15 is 0 Å². The number of aryl methyl sites for hydroxylation is 1. The molecule has 0 saturated carbocycles. The second-order valence-corrected chi connectivity index (χ2v) is 5.84. The summed E-state index contributed by atoms with van der Waals surface area (Å²) in [6.45, 7) is 2.37. The molecule has 0 aliphatic carbocycles. The smallest absolute Gasteiger partial charge is 0.322 e. The standard InChI is InChI=1S/C15H19FN6O2/c1-10-5-13(20-24-10)19-15(23)21(2)8-12-6-11(16)7-22(12)14-3-4-17-9-18-14/h3-5,9,11-12H,6-8H2,1-2H3,(H,19,20,23)/t11-,12-/m0/s1. The fourth-order valence-electron chi connectivity index (χ4n) is 2.80. The Morgan fingerprint density at radius 2 is 2.42 bits per heavy atom. The number of hydrogen-bond acceptors (Lipinski definition) is 6. The number of nitrogens with zero attached hydrogens (tertiary/aromatic N) is 5. The number of carbonyl (C=O) groups excluding carboxylic acids is 1. The zero-order chi connectivity index (χ0) is 17.1. The van der Waals surface area contributed by atoms with E-state index in [1.54, 1.807) is 32.3 Å². The Bertz CT molecular complexity index is 694. The van der Waals surface area contributed by atoms with Gasteiger partial charge in [0.2, 0.25) is 0 Å². The number of likely N-dealkylation sites (N-methyl/N-ethyl adjacent to an activating group) is 1. The van der Waals surface area contributed by atoms with Gasteiger partial charge in [-0.25, -0.2) is 19.2 Å². The predicted molar refractivity (Wildman–Crippen MR) is 85.6 cm³/mol. The van der Waals surface area contributed by atoms with Crippen molar-refractivity contribution in [1.29, 1.82) is 0 Å². The summed E-state index contributed by atoms with van der Waals surface area (Å²) < 4.78 is 18.8. The van der Waals surface area contributed by atoms with Gasteiger partial charge in [-0.05, 0) is 13.0 Å². The summed E-state index contributed by atoms with van der Waals surface area (Å²) in [6, 6.07) is 2.90. The maximum absolute atomic E-state index is 13.9. The quantitative estimate of drug-likeness (QED) is 0.918. The molecule has 1 fully saturated rings. The van der Waals surface area contributed by atoms with Crippen LogP contribution < -0.4 is 10.2 Å². The van der Waals surface area contributed by atoms with Gasteiger partial charge in [0.25, 0.3) is 0 Å². The van der Waals surface area contributed by atoms with Gasteiger partial charge in [-0.1, -0.05) is 5.16 Å². The number of rotatable bonds is 4. The molecule has 9 heteroatoms. The van der Waals surface area contributed by atoms with Gasteiger partial charge in [0.1, 0.15) is 24.1 Å². The van der Waals surface area contributed by atoms with Crippen LogP contribution in [0, 0.1) is 6.92 Å². The van der Waals surface area contributed by atoms with E-state index in [4.69, 9.17) is 4.52 Å². The van der Waals surface area contributed by atoms with Crippen molar-refractivity contribution in [2.24, 2.45) is 0 Å². The Hall–Kier alpha value is -2.71. The van der Waals surface area contributed by atoms with Crippen molar-refractivity contribution in [2.75, 3.05) is 30.4 Å². The first-order chi connectivity index (χ1) is 11.5. The number of anilines is 2. The minimum absolute atomic E-state index is 0.148. The monoisotopic (exact) mass is 334 g/mol. The summed E-state index contributed by atoms with van der Waals surface area (Å²) in [4.78, 5) is 23.7. The first-order valence-electron chi connectivity index (χ1n) is 7.65. The number of urea groups is 1. The third kappa shape index (κ3) is 3.61. The number of alkyl halides is 1. The van der Waals surface area contributed by atoms with Gasteiger partial charge in [-0.15, -0.1) is 0 Å². The van der Waals surface area contributed by atoms with Crippen LogP contribution in [0.1, 0.15) is 12.2 Å². The average molecular weight is 334 g/mol. The molecule has 2 aromatic rings. The molecule has 0 unspecified atom stereocenters. The number of hydrogen-bond donors (Lipinski definition) is 1. The molecule has 1 aliphatic rings. The lowest BCUT2D eigenvalue weighted by atomic mass is 10.2. The Morgan fingerprint density at radius 1 is 1.58 bits per heavy atom. The van der Waals surface area contributed by atoms with E-state index in [2.05, 4.69) is 20.4 Å². The molecular formula is C15H19FN6O2. The van der Waals surface area contributed by atoms with E-state index in [-0.39, 0.29) is 18.6 Å². The molecule has 24 heavy (non-hydrogen) atoms. The third-order valence-electron chi connectivity index (χ3n) is 3.92. The van der Waals surface area contributed by atoms with Gasteiger partial charge in [0.15, 0.2) is 5.82 Å². The molecule has 3 heterocycles. The van der Waals surface area contributed by atoms with Crippen LogP contribution in [0.3, 0.4) is 0 Å². The van der Waals surface area contributed by atoms with Gasteiger partial charge in [0.05, 0.1) is 12.6 Å². The van der Waals surface area contributed by atoms with Crippen LogP contribution in [-0.4, -0.2) is 58.4 Å². The van der Waals surface area contributed by atoms with Crippen molar-refractivity contribution >= 4 is 17.7 Å². The van der Waals surface area contributed by atoms with E-state index in [1.165, 1.54) is 11.2 Å². The average Bonchev–Trinajstić information content (AvgIpc) is 3.13. The molecular weight excluding hydrogens is 315 g/mol. The lowest BCUT2D eigenvalue weighted by Gasteiger charge is -2.28. The van der Waals surface area contributed by atoms with Crippen LogP contribution >= 0.6 is 0 Å². The molecule has 8 nitrogen and oxygen atoms in total. The van der Waals surface area contributed by atoms with Crippen molar-refractivity contribution in [3.8, 4) is 0 Å². The minimum Gasteiger partial charge on any atom is -0.360 e. The van der Waals surface area contributed by atoms with Crippen LogP contribution in [0.15, 0.2) is 29.2 Å². The van der Waals surface area contributed by atoms with Crippen molar-refractivity contribution in [1.82, 2.24) is 20.0 Å². The predicted octanol–water partition coefficient (Wildman–Crippen LogP) is 1.85. The summed E-state index contributed by atoms with van der Waals surface area (Å²) >= 11 is 0. The first-order valence-corrected chi connectivity index (χ1v) is 7.65. The lowest BCUT2D eigenvalue weighted by molar-refractivity contribution is 0.218. The summed E-state index contributed by atoms with van der Waals surface area (Å²) in [5.41, 5.74) is 0. The van der Waals surface area contributed by atoms with Crippen LogP contribution in [0.5, 0.6) is 0 Å². The van der Waals surface area contributed by atoms with Crippen molar-refractivity contribution in [3.63, 3.8) is 0 Å². The maximum atomic E-state index is 13.9. The number of nitrogens with one attached hydrogen (secondary N) is 1. The number of carbonyl (C=O) groups is 1. The fourth-order valence-corrected chi connectivity index (χ4v) is 2.80. The zero-order valence-electron chi connectivity index (χ0n) is 13.5. The first kappa shape index (κ1) is 16.2.